The third-order valence-corrected chi connectivity index (χ3v) is 4.31. The second kappa shape index (κ2) is 5.65. The van der Waals surface area contributed by atoms with Gasteiger partial charge >= 0.3 is 0 Å². The molecule has 0 amide bonds. The van der Waals surface area contributed by atoms with Gasteiger partial charge in [0, 0.05) is 6.04 Å². The topological polar surface area (TPSA) is 46.2 Å². The van der Waals surface area contributed by atoms with Crippen LogP contribution in [0.2, 0.25) is 0 Å². The lowest BCUT2D eigenvalue weighted by Gasteiger charge is -2.15. The summed E-state index contributed by atoms with van der Waals surface area (Å²) in [7, 11) is -3.14. The minimum absolute atomic E-state index is 0.113. The molecule has 1 aromatic rings. The van der Waals surface area contributed by atoms with Gasteiger partial charge in [-0.1, -0.05) is 38.1 Å². The summed E-state index contributed by atoms with van der Waals surface area (Å²) in [5, 5.41) is 0. The summed E-state index contributed by atoms with van der Waals surface area (Å²) in [5.74, 6) is 0.605. The average Bonchev–Trinajstić information content (AvgIpc) is 2.28. The summed E-state index contributed by atoms with van der Waals surface area (Å²) >= 11 is 0. The van der Waals surface area contributed by atoms with E-state index in [4.69, 9.17) is 0 Å². The van der Waals surface area contributed by atoms with Gasteiger partial charge in [0.15, 0.2) is 0 Å². The summed E-state index contributed by atoms with van der Waals surface area (Å²) in [6.07, 6.45) is 0. The molecule has 0 spiro atoms. The van der Waals surface area contributed by atoms with E-state index in [9.17, 15) is 8.42 Å². The quantitative estimate of drug-likeness (QED) is 0.879. The summed E-state index contributed by atoms with van der Waals surface area (Å²) in [6, 6.07) is 7.89. The third-order valence-electron chi connectivity index (χ3n) is 2.84. The van der Waals surface area contributed by atoms with Crippen molar-refractivity contribution in [3.8, 4) is 0 Å². The SMILES string of the molecule is CCS(=O)(=O)NC(C)c1ccc(C(C)C)cc1. The summed E-state index contributed by atoms with van der Waals surface area (Å²) in [6.45, 7) is 7.77. The Morgan fingerprint density at radius 1 is 1.06 bits per heavy atom. The van der Waals surface area contributed by atoms with Gasteiger partial charge in [-0.15, -0.1) is 0 Å². The zero-order chi connectivity index (χ0) is 13.1. The fourth-order valence-electron chi connectivity index (χ4n) is 1.59. The van der Waals surface area contributed by atoms with Gasteiger partial charge in [0.2, 0.25) is 10.0 Å². The maximum Gasteiger partial charge on any atom is 0.211 e. The number of rotatable bonds is 5. The standard InChI is InChI=1S/C13H21NO2S/c1-5-17(15,16)14-11(4)13-8-6-12(7-9-13)10(2)3/h6-11,14H,5H2,1-4H3. The molecule has 0 aliphatic rings. The zero-order valence-corrected chi connectivity index (χ0v) is 11.7. The van der Waals surface area contributed by atoms with Crippen LogP contribution in [0.5, 0.6) is 0 Å². The Morgan fingerprint density at radius 2 is 1.53 bits per heavy atom. The van der Waals surface area contributed by atoms with Crippen molar-refractivity contribution in [2.45, 2.75) is 39.7 Å². The van der Waals surface area contributed by atoms with Crippen LogP contribution in [0.1, 0.15) is 50.8 Å². The number of nitrogens with one attached hydrogen (secondary N) is 1. The predicted molar refractivity (Wildman–Crippen MR) is 71.5 cm³/mol. The first-order valence-corrected chi connectivity index (χ1v) is 7.60. The molecule has 0 fully saturated rings. The smallest absolute Gasteiger partial charge is 0.211 e. The van der Waals surface area contributed by atoms with E-state index in [1.165, 1.54) is 5.56 Å². The molecule has 17 heavy (non-hydrogen) atoms. The van der Waals surface area contributed by atoms with E-state index in [0.29, 0.717) is 5.92 Å². The highest BCUT2D eigenvalue weighted by molar-refractivity contribution is 7.89. The van der Waals surface area contributed by atoms with Crippen molar-refractivity contribution in [2.24, 2.45) is 0 Å². The number of benzene rings is 1. The normalized spacial score (nSPS) is 13.9. The lowest BCUT2D eigenvalue weighted by atomic mass is 10.00. The Kier molecular flexibility index (Phi) is 4.71. The molecule has 0 aliphatic carbocycles. The fourth-order valence-corrected chi connectivity index (χ4v) is 2.43. The monoisotopic (exact) mass is 255 g/mol. The Morgan fingerprint density at radius 3 is 1.94 bits per heavy atom. The second-order valence-corrected chi connectivity index (χ2v) is 6.61. The molecule has 96 valence electrons. The van der Waals surface area contributed by atoms with Crippen molar-refractivity contribution in [1.82, 2.24) is 4.72 Å². The molecule has 0 bridgehead atoms. The Bertz CT molecular complexity index is 449. The van der Waals surface area contributed by atoms with E-state index < -0.39 is 10.0 Å². The molecule has 0 heterocycles. The van der Waals surface area contributed by atoms with Crippen molar-refractivity contribution < 1.29 is 8.42 Å². The first-order chi connectivity index (χ1) is 7.85. The molecule has 0 aromatic heterocycles. The van der Waals surface area contributed by atoms with Crippen LogP contribution in [0, 0.1) is 0 Å². The van der Waals surface area contributed by atoms with Crippen molar-refractivity contribution in [2.75, 3.05) is 5.75 Å². The molecule has 1 N–H and O–H groups in total. The van der Waals surface area contributed by atoms with Gasteiger partial charge in [-0.05, 0) is 30.9 Å². The van der Waals surface area contributed by atoms with E-state index in [2.05, 4.69) is 30.7 Å². The summed E-state index contributed by atoms with van der Waals surface area (Å²) in [5.41, 5.74) is 2.26. The molecule has 4 heteroatoms. The zero-order valence-electron chi connectivity index (χ0n) is 10.9. The van der Waals surface area contributed by atoms with Gasteiger partial charge in [0.25, 0.3) is 0 Å². The van der Waals surface area contributed by atoms with Gasteiger partial charge < -0.3 is 0 Å². The van der Waals surface area contributed by atoms with Gasteiger partial charge in [-0.2, -0.15) is 0 Å². The number of hydrogen-bond acceptors (Lipinski definition) is 2. The van der Waals surface area contributed by atoms with Crippen molar-refractivity contribution in [3.05, 3.63) is 35.4 Å². The highest BCUT2D eigenvalue weighted by atomic mass is 32.2. The minimum atomic E-state index is -3.14. The Balaban J connectivity index is 2.80. The van der Waals surface area contributed by atoms with E-state index in [-0.39, 0.29) is 11.8 Å². The number of sulfonamides is 1. The van der Waals surface area contributed by atoms with Crippen LogP contribution in [0.15, 0.2) is 24.3 Å². The first-order valence-electron chi connectivity index (χ1n) is 5.95. The Hall–Kier alpha value is -0.870. The molecule has 1 aromatic carbocycles. The van der Waals surface area contributed by atoms with E-state index >= 15 is 0 Å². The lowest BCUT2D eigenvalue weighted by Crippen LogP contribution is -2.28. The van der Waals surface area contributed by atoms with Crippen LogP contribution in [-0.2, 0) is 10.0 Å². The predicted octanol–water partition coefficient (Wildman–Crippen LogP) is 2.81. The van der Waals surface area contributed by atoms with Crippen LogP contribution in [0.4, 0.5) is 0 Å². The molecular weight excluding hydrogens is 234 g/mol. The molecule has 1 atom stereocenters. The van der Waals surface area contributed by atoms with Crippen LogP contribution < -0.4 is 4.72 Å². The fraction of sp³-hybridized carbons (Fsp3) is 0.538. The molecular formula is C13H21NO2S. The molecule has 1 rings (SSSR count). The lowest BCUT2D eigenvalue weighted by molar-refractivity contribution is 0.568. The van der Waals surface area contributed by atoms with Gasteiger partial charge in [0.1, 0.15) is 0 Å². The van der Waals surface area contributed by atoms with E-state index in [1.54, 1.807) is 6.92 Å². The Labute approximate surface area is 104 Å². The molecule has 0 saturated heterocycles. The second-order valence-electron chi connectivity index (χ2n) is 4.56. The van der Waals surface area contributed by atoms with Crippen molar-refractivity contribution in [1.29, 1.82) is 0 Å². The molecule has 0 saturated carbocycles. The molecule has 0 radical (unpaired) electrons. The number of hydrogen-bond donors (Lipinski definition) is 1. The third kappa shape index (κ3) is 4.13. The van der Waals surface area contributed by atoms with Gasteiger partial charge in [-0.3, -0.25) is 0 Å². The van der Waals surface area contributed by atoms with Crippen LogP contribution in [0.3, 0.4) is 0 Å². The van der Waals surface area contributed by atoms with E-state index in [0.717, 1.165) is 5.56 Å². The first kappa shape index (κ1) is 14.2. The molecule has 1 unspecified atom stereocenters. The van der Waals surface area contributed by atoms with Crippen molar-refractivity contribution in [3.63, 3.8) is 0 Å². The maximum absolute atomic E-state index is 11.4. The molecule has 3 nitrogen and oxygen atoms in total. The van der Waals surface area contributed by atoms with Gasteiger partial charge in [0.05, 0.1) is 5.75 Å². The minimum Gasteiger partial charge on any atom is -0.212 e. The van der Waals surface area contributed by atoms with Crippen LogP contribution in [-0.4, -0.2) is 14.2 Å². The summed E-state index contributed by atoms with van der Waals surface area (Å²) in [4.78, 5) is 0. The highest BCUT2D eigenvalue weighted by Crippen LogP contribution is 2.18. The molecule has 0 aliphatic heterocycles. The van der Waals surface area contributed by atoms with E-state index in [1.807, 2.05) is 19.1 Å². The largest absolute Gasteiger partial charge is 0.212 e. The van der Waals surface area contributed by atoms with Crippen LogP contribution in [0.25, 0.3) is 0 Å². The van der Waals surface area contributed by atoms with Gasteiger partial charge in [-0.25, -0.2) is 13.1 Å². The van der Waals surface area contributed by atoms with Crippen LogP contribution >= 0.6 is 0 Å². The highest BCUT2D eigenvalue weighted by Gasteiger charge is 2.13. The summed E-state index contributed by atoms with van der Waals surface area (Å²) < 4.78 is 25.5. The maximum atomic E-state index is 11.4. The van der Waals surface area contributed by atoms with Crippen molar-refractivity contribution >= 4 is 10.0 Å². The average molecular weight is 255 g/mol.